The van der Waals surface area contributed by atoms with Crippen LogP contribution in [0.5, 0.6) is 0 Å². The summed E-state index contributed by atoms with van der Waals surface area (Å²) in [5.74, 6) is -0.434. The van der Waals surface area contributed by atoms with Crippen molar-refractivity contribution in [1.82, 2.24) is 4.72 Å². The highest BCUT2D eigenvalue weighted by molar-refractivity contribution is 7.89. The third-order valence-corrected chi connectivity index (χ3v) is 4.58. The van der Waals surface area contributed by atoms with Crippen molar-refractivity contribution in [2.24, 2.45) is 0 Å². The van der Waals surface area contributed by atoms with Crippen molar-refractivity contribution in [3.8, 4) is 0 Å². The Kier molecular flexibility index (Phi) is 4.99. The van der Waals surface area contributed by atoms with E-state index in [1.165, 1.54) is 6.07 Å². The summed E-state index contributed by atoms with van der Waals surface area (Å²) in [5, 5.41) is 1.54. The minimum Gasteiger partial charge on any atom is -0.466 e. The maximum atomic E-state index is 12.2. The molecule has 0 atom stereocenters. The van der Waals surface area contributed by atoms with Gasteiger partial charge in [0.25, 0.3) is 0 Å². The van der Waals surface area contributed by atoms with Gasteiger partial charge in [-0.15, -0.1) is 0 Å². The van der Waals surface area contributed by atoms with Gasteiger partial charge >= 0.3 is 5.97 Å². The molecular formula is C15H18N2O4S. The quantitative estimate of drug-likeness (QED) is 0.622. The van der Waals surface area contributed by atoms with Gasteiger partial charge in [0.2, 0.25) is 10.0 Å². The number of anilines is 1. The monoisotopic (exact) mass is 322 g/mol. The second kappa shape index (κ2) is 6.76. The highest BCUT2D eigenvalue weighted by atomic mass is 32.2. The molecule has 0 aromatic heterocycles. The van der Waals surface area contributed by atoms with Crippen molar-refractivity contribution in [3.05, 3.63) is 36.4 Å². The average Bonchev–Trinajstić information content (AvgIpc) is 2.47. The van der Waals surface area contributed by atoms with Crippen molar-refractivity contribution in [3.63, 3.8) is 0 Å². The largest absolute Gasteiger partial charge is 0.466 e. The Bertz CT molecular complexity index is 787. The van der Waals surface area contributed by atoms with Crippen molar-refractivity contribution in [2.45, 2.75) is 18.2 Å². The normalized spacial score (nSPS) is 11.5. The number of sulfonamides is 1. The van der Waals surface area contributed by atoms with E-state index >= 15 is 0 Å². The Balaban J connectivity index is 2.14. The SMILES string of the molecule is CCOC(=O)CCNS(=O)(=O)c1ccc2c(N)cccc2c1. The van der Waals surface area contributed by atoms with Gasteiger partial charge in [0.1, 0.15) is 0 Å². The number of benzene rings is 2. The predicted octanol–water partition coefficient (Wildman–Crippen LogP) is 1.65. The fraction of sp³-hybridized carbons (Fsp3) is 0.267. The van der Waals surface area contributed by atoms with Gasteiger partial charge in [0, 0.05) is 17.6 Å². The first-order valence-corrected chi connectivity index (χ1v) is 8.36. The summed E-state index contributed by atoms with van der Waals surface area (Å²) in [6.45, 7) is 1.97. The van der Waals surface area contributed by atoms with E-state index in [1.54, 1.807) is 37.3 Å². The number of esters is 1. The van der Waals surface area contributed by atoms with Crippen LogP contribution in [0.25, 0.3) is 10.8 Å². The molecule has 22 heavy (non-hydrogen) atoms. The number of fused-ring (bicyclic) bond motifs is 1. The van der Waals surface area contributed by atoms with Gasteiger partial charge in [-0.1, -0.05) is 18.2 Å². The molecule has 0 heterocycles. The van der Waals surface area contributed by atoms with Gasteiger partial charge in [-0.05, 0) is 30.5 Å². The Hall–Kier alpha value is -2.12. The zero-order valence-corrected chi connectivity index (χ0v) is 13.0. The second-order valence-corrected chi connectivity index (χ2v) is 6.45. The van der Waals surface area contributed by atoms with E-state index in [9.17, 15) is 13.2 Å². The lowest BCUT2D eigenvalue weighted by Gasteiger charge is -2.08. The molecule has 0 aliphatic carbocycles. The molecule has 2 rings (SSSR count). The summed E-state index contributed by atoms with van der Waals surface area (Å²) < 4.78 is 31.5. The first-order valence-electron chi connectivity index (χ1n) is 6.87. The number of carbonyl (C=O) groups excluding carboxylic acids is 1. The van der Waals surface area contributed by atoms with Gasteiger partial charge in [-0.25, -0.2) is 13.1 Å². The van der Waals surface area contributed by atoms with Gasteiger partial charge in [-0.2, -0.15) is 0 Å². The number of rotatable bonds is 6. The maximum absolute atomic E-state index is 12.2. The maximum Gasteiger partial charge on any atom is 0.307 e. The van der Waals surface area contributed by atoms with Crippen LogP contribution in [0.1, 0.15) is 13.3 Å². The number of nitrogens with one attached hydrogen (secondary N) is 1. The van der Waals surface area contributed by atoms with Crippen LogP contribution < -0.4 is 10.5 Å². The first kappa shape index (κ1) is 16.3. The highest BCUT2D eigenvalue weighted by Crippen LogP contribution is 2.23. The number of hydrogen-bond donors (Lipinski definition) is 2. The highest BCUT2D eigenvalue weighted by Gasteiger charge is 2.15. The molecule has 0 bridgehead atoms. The molecule has 0 saturated heterocycles. The van der Waals surface area contributed by atoms with Gasteiger partial charge in [0.05, 0.1) is 17.9 Å². The number of nitrogens with two attached hydrogens (primary N) is 1. The summed E-state index contributed by atoms with van der Waals surface area (Å²) >= 11 is 0. The number of hydrogen-bond acceptors (Lipinski definition) is 5. The van der Waals surface area contributed by atoms with Crippen molar-refractivity contribution < 1.29 is 17.9 Å². The lowest BCUT2D eigenvalue weighted by Crippen LogP contribution is -2.26. The molecule has 0 radical (unpaired) electrons. The van der Waals surface area contributed by atoms with E-state index in [0.717, 1.165) is 10.8 Å². The summed E-state index contributed by atoms with van der Waals surface area (Å²) in [6, 6.07) is 10.0. The number of ether oxygens (including phenoxy) is 1. The van der Waals surface area contributed by atoms with Crippen molar-refractivity contribution in [1.29, 1.82) is 0 Å². The van der Waals surface area contributed by atoms with Gasteiger partial charge in [0.15, 0.2) is 0 Å². The van der Waals surface area contributed by atoms with Crippen LogP contribution in [0.4, 0.5) is 5.69 Å². The van der Waals surface area contributed by atoms with E-state index in [4.69, 9.17) is 10.5 Å². The van der Waals surface area contributed by atoms with E-state index < -0.39 is 16.0 Å². The van der Waals surface area contributed by atoms with Crippen LogP contribution in [-0.2, 0) is 19.6 Å². The van der Waals surface area contributed by atoms with Crippen LogP contribution in [0.3, 0.4) is 0 Å². The number of carbonyl (C=O) groups is 1. The molecule has 0 unspecified atom stereocenters. The minimum atomic E-state index is -3.67. The minimum absolute atomic E-state index is 0.00384. The smallest absolute Gasteiger partial charge is 0.307 e. The zero-order valence-electron chi connectivity index (χ0n) is 12.2. The summed E-state index contributed by atoms with van der Waals surface area (Å²) in [4.78, 5) is 11.3. The number of nitrogen functional groups attached to an aromatic ring is 1. The molecule has 6 nitrogen and oxygen atoms in total. The summed E-state index contributed by atoms with van der Waals surface area (Å²) in [6.07, 6.45) is -0.00635. The zero-order chi connectivity index (χ0) is 16.2. The Morgan fingerprint density at radius 1 is 1.27 bits per heavy atom. The molecule has 0 spiro atoms. The first-order chi connectivity index (χ1) is 10.4. The van der Waals surface area contributed by atoms with Crippen molar-refractivity contribution >= 4 is 32.5 Å². The van der Waals surface area contributed by atoms with E-state index in [0.29, 0.717) is 5.69 Å². The van der Waals surface area contributed by atoms with Gasteiger partial charge in [-0.3, -0.25) is 4.79 Å². The van der Waals surface area contributed by atoms with Crippen LogP contribution in [0, 0.1) is 0 Å². The van der Waals surface area contributed by atoms with Crippen LogP contribution in [-0.4, -0.2) is 27.5 Å². The fourth-order valence-electron chi connectivity index (χ4n) is 2.06. The molecule has 2 aromatic rings. The molecule has 0 aliphatic rings. The van der Waals surface area contributed by atoms with E-state index in [1.807, 2.05) is 0 Å². The molecule has 118 valence electrons. The van der Waals surface area contributed by atoms with Crippen LogP contribution >= 0.6 is 0 Å². The molecule has 0 aliphatic heterocycles. The second-order valence-electron chi connectivity index (χ2n) is 4.68. The molecule has 0 amide bonds. The lowest BCUT2D eigenvalue weighted by atomic mass is 10.1. The van der Waals surface area contributed by atoms with E-state index in [-0.39, 0.29) is 24.5 Å². The molecule has 0 saturated carbocycles. The molecule has 3 N–H and O–H groups in total. The third-order valence-electron chi connectivity index (χ3n) is 3.12. The van der Waals surface area contributed by atoms with Crippen molar-refractivity contribution in [2.75, 3.05) is 18.9 Å². The Morgan fingerprint density at radius 2 is 2.05 bits per heavy atom. The summed E-state index contributed by atoms with van der Waals surface area (Å²) in [7, 11) is -3.67. The van der Waals surface area contributed by atoms with Crippen LogP contribution in [0.2, 0.25) is 0 Å². The third kappa shape index (κ3) is 3.75. The topological polar surface area (TPSA) is 98.5 Å². The Morgan fingerprint density at radius 3 is 2.77 bits per heavy atom. The molecular weight excluding hydrogens is 304 g/mol. The predicted molar refractivity (Wildman–Crippen MR) is 84.8 cm³/mol. The standard InChI is InChI=1S/C15H18N2O4S/c1-2-21-15(18)8-9-17-22(19,20)12-6-7-13-11(10-12)4-3-5-14(13)16/h3-7,10,17H,2,8-9,16H2,1H3. The fourth-order valence-corrected chi connectivity index (χ4v) is 3.12. The van der Waals surface area contributed by atoms with E-state index in [2.05, 4.69) is 4.72 Å². The molecule has 7 heteroatoms. The van der Waals surface area contributed by atoms with Crippen LogP contribution in [0.15, 0.2) is 41.3 Å². The van der Waals surface area contributed by atoms with Gasteiger partial charge < -0.3 is 10.5 Å². The molecule has 2 aromatic carbocycles. The average molecular weight is 322 g/mol. The summed E-state index contributed by atoms with van der Waals surface area (Å²) in [5.41, 5.74) is 6.44. The molecule has 0 fully saturated rings. The lowest BCUT2D eigenvalue weighted by molar-refractivity contribution is -0.142. The Labute approximate surface area is 129 Å².